The first kappa shape index (κ1) is 16.4. The molecule has 0 bridgehead atoms. The highest BCUT2D eigenvalue weighted by Gasteiger charge is 2.20. The molecule has 21 heavy (non-hydrogen) atoms. The standard InChI is InChI=1S/C19H31NO/c1-2-3-4-16-5-7-18(8-6-16)15-20-14-13-17-9-11-19(21)12-10-17/h9-12,16,18,20-21H,2-8,13-15H2,1H3. The molecule has 0 saturated heterocycles. The molecule has 2 heteroatoms. The predicted octanol–water partition coefficient (Wildman–Crippen LogP) is 4.52. The Morgan fingerprint density at radius 1 is 1.05 bits per heavy atom. The molecule has 0 heterocycles. The van der Waals surface area contributed by atoms with E-state index in [0.29, 0.717) is 5.75 Å². The van der Waals surface area contributed by atoms with Crippen LogP contribution >= 0.6 is 0 Å². The van der Waals surface area contributed by atoms with E-state index < -0.39 is 0 Å². The van der Waals surface area contributed by atoms with Crippen LogP contribution in [-0.4, -0.2) is 18.2 Å². The van der Waals surface area contributed by atoms with Gasteiger partial charge in [-0.25, -0.2) is 0 Å². The number of phenolic OH excluding ortho intramolecular Hbond substituents is 1. The van der Waals surface area contributed by atoms with Gasteiger partial charge in [0.2, 0.25) is 0 Å². The third-order valence-electron chi connectivity index (χ3n) is 4.89. The summed E-state index contributed by atoms with van der Waals surface area (Å²) in [6, 6.07) is 7.56. The van der Waals surface area contributed by atoms with E-state index in [4.69, 9.17) is 0 Å². The molecular weight excluding hydrogens is 258 g/mol. The number of rotatable bonds is 8. The van der Waals surface area contributed by atoms with Gasteiger partial charge < -0.3 is 10.4 Å². The molecule has 1 aromatic carbocycles. The highest BCUT2D eigenvalue weighted by molar-refractivity contribution is 5.25. The molecular formula is C19H31NO. The summed E-state index contributed by atoms with van der Waals surface area (Å²) in [7, 11) is 0. The molecule has 1 fully saturated rings. The lowest BCUT2D eigenvalue weighted by molar-refractivity contribution is 0.254. The van der Waals surface area contributed by atoms with Gasteiger partial charge in [-0.1, -0.05) is 51.2 Å². The van der Waals surface area contributed by atoms with E-state index in [1.54, 1.807) is 12.1 Å². The lowest BCUT2D eigenvalue weighted by atomic mass is 9.80. The smallest absolute Gasteiger partial charge is 0.115 e. The highest BCUT2D eigenvalue weighted by Crippen LogP contribution is 2.31. The SMILES string of the molecule is CCCCC1CCC(CNCCc2ccc(O)cc2)CC1. The van der Waals surface area contributed by atoms with Crippen LogP contribution in [0.3, 0.4) is 0 Å². The number of hydrogen-bond acceptors (Lipinski definition) is 2. The molecule has 0 unspecified atom stereocenters. The van der Waals surface area contributed by atoms with Crippen LogP contribution in [0.25, 0.3) is 0 Å². The minimum Gasteiger partial charge on any atom is -0.508 e. The van der Waals surface area contributed by atoms with Crippen molar-refractivity contribution in [3.05, 3.63) is 29.8 Å². The van der Waals surface area contributed by atoms with Crippen molar-refractivity contribution in [1.29, 1.82) is 0 Å². The molecule has 0 amide bonds. The van der Waals surface area contributed by atoms with Crippen LogP contribution < -0.4 is 5.32 Å². The lowest BCUT2D eigenvalue weighted by Gasteiger charge is -2.28. The van der Waals surface area contributed by atoms with Crippen LogP contribution in [0.2, 0.25) is 0 Å². The quantitative estimate of drug-likeness (QED) is 0.690. The zero-order valence-corrected chi connectivity index (χ0v) is 13.5. The third-order valence-corrected chi connectivity index (χ3v) is 4.89. The maximum Gasteiger partial charge on any atom is 0.115 e. The van der Waals surface area contributed by atoms with E-state index in [-0.39, 0.29) is 0 Å². The van der Waals surface area contributed by atoms with Crippen molar-refractivity contribution in [3.63, 3.8) is 0 Å². The van der Waals surface area contributed by atoms with E-state index in [0.717, 1.165) is 24.8 Å². The van der Waals surface area contributed by atoms with Crippen LogP contribution in [0.5, 0.6) is 5.75 Å². The second-order valence-corrected chi connectivity index (χ2v) is 6.65. The number of hydrogen-bond donors (Lipinski definition) is 2. The van der Waals surface area contributed by atoms with Gasteiger partial charge in [0, 0.05) is 0 Å². The minimum absolute atomic E-state index is 0.353. The summed E-state index contributed by atoms with van der Waals surface area (Å²) in [6.07, 6.45) is 11.0. The molecule has 1 saturated carbocycles. The number of nitrogens with one attached hydrogen (secondary N) is 1. The van der Waals surface area contributed by atoms with Crippen molar-refractivity contribution >= 4 is 0 Å². The van der Waals surface area contributed by atoms with Crippen LogP contribution in [0.4, 0.5) is 0 Å². The van der Waals surface area contributed by atoms with Gasteiger partial charge in [0.25, 0.3) is 0 Å². The molecule has 118 valence electrons. The fourth-order valence-corrected chi connectivity index (χ4v) is 3.42. The van der Waals surface area contributed by atoms with Gasteiger partial charge in [-0.3, -0.25) is 0 Å². The van der Waals surface area contributed by atoms with E-state index in [2.05, 4.69) is 12.2 Å². The number of phenols is 1. The Labute approximate surface area is 130 Å². The van der Waals surface area contributed by atoms with E-state index >= 15 is 0 Å². The molecule has 0 aliphatic heterocycles. The average molecular weight is 289 g/mol. The van der Waals surface area contributed by atoms with Gasteiger partial charge in [-0.2, -0.15) is 0 Å². The summed E-state index contributed by atoms with van der Waals surface area (Å²) < 4.78 is 0. The highest BCUT2D eigenvalue weighted by atomic mass is 16.3. The summed E-state index contributed by atoms with van der Waals surface area (Å²) in [5.74, 6) is 2.26. The van der Waals surface area contributed by atoms with Gasteiger partial charge >= 0.3 is 0 Å². The Hall–Kier alpha value is -1.02. The molecule has 1 aliphatic rings. The van der Waals surface area contributed by atoms with E-state index in [9.17, 15) is 5.11 Å². The summed E-state index contributed by atoms with van der Waals surface area (Å²) in [4.78, 5) is 0. The van der Waals surface area contributed by atoms with Crippen LogP contribution in [0.15, 0.2) is 24.3 Å². The Morgan fingerprint density at radius 3 is 2.38 bits per heavy atom. The fraction of sp³-hybridized carbons (Fsp3) is 0.684. The zero-order chi connectivity index (χ0) is 14.9. The number of benzene rings is 1. The van der Waals surface area contributed by atoms with Crippen LogP contribution in [0, 0.1) is 11.8 Å². The van der Waals surface area contributed by atoms with Crippen molar-refractivity contribution in [1.82, 2.24) is 5.32 Å². The van der Waals surface area contributed by atoms with E-state index in [1.807, 2.05) is 12.1 Å². The van der Waals surface area contributed by atoms with Gasteiger partial charge in [-0.05, 0) is 61.9 Å². The number of aromatic hydroxyl groups is 1. The van der Waals surface area contributed by atoms with Crippen molar-refractivity contribution in [3.8, 4) is 5.75 Å². The Kier molecular flexibility index (Phi) is 7.08. The zero-order valence-electron chi connectivity index (χ0n) is 13.5. The molecule has 1 aliphatic carbocycles. The third kappa shape index (κ3) is 6.09. The summed E-state index contributed by atoms with van der Waals surface area (Å²) in [5, 5.41) is 12.9. The van der Waals surface area contributed by atoms with Gasteiger partial charge in [0.15, 0.2) is 0 Å². The average Bonchev–Trinajstić information content (AvgIpc) is 2.52. The van der Waals surface area contributed by atoms with Crippen molar-refractivity contribution < 1.29 is 5.11 Å². The maximum atomic E-state index is 9.26. The Balaban J connectivity index is 1.54. The second-order valence-electron chi connectivity index (χ2n) is 6.65. The summed E-state index contributed by atoms with van der Waals surface area (Å²) >= 11 is 0. The monoisotopic (exact) mass is 289 g/mol. The van der Waals surface area contributed by atoms with Gasteiger partial charge in [-0.15, -0.1) is 0 Å². The summed E-state index contributed by atoms with van der Waals surface area (Å²) in [5.41, 5.74) is 1.29. The maximum absolute atomic E-state index is 9.26. The Morgan fingerprint density at radius 2 is 1.71 bits per heavy atom. The number of unbranched alkanes of at least 4 members (excludes halogenated alkanes) is 1. The van der Waals surface area contributed by atoms with Crippen molar-refractivity contribution in [2.75, 3.05) is 13.1 Å². The van der Waals surface area contributed by atoms with Crippen LogP contribution in [-0.2, 0) is 6.42 Å². The van der Waals surface area contributed by atoms with Crippen LogP contribution in [0.1, 0.15) is 57.4 Å². The van der Waals surface area contributed by atoms with Crippen molar-refractivity contribution in [2.45, 2.75) is 58.3 Å². The molecule has 2 rings (SSSR count). The van der Waals surface area contributed by atoms with E-state index in [1.165, 1.54) is 57.1 Å². The first-order valence-electron chi connectivity index (χ1n) is 8.76. The largest absolute Gasteiger partial charge is 0.508 e. The predicted molar refractivity (Wildman–Crippen MR) is 89.7 cm³/mol. The molecule has 0 atom stereocenters. The molecule has 2 nitrogen and oxygen atoms in total. The topological polar surface area (TPSA) is 32.3 Å². The first-order chi connectivity index (χ1) is 10.3. The summed E-state index contributed by atoms with van der Waals surface area (Å²) in [6.45, 7) is 4.52. The molecule has 2 N–H and O–H groups in total. The second kappa shape index (κ2) is 9.09. The molecule has 0 spiro atoms. The molecule has 1 aromatic rings. The fourth-order valence-electron chi connectivity index (χ4n) is 3.42. The lowest BCUT2D eigenvalue weighted by Crippen LogP contribution is -2.28. The van der Waals surface area contributed by atoms with Crippen molar-refractivity contribution in [2.24, 2.45) is 11.8 Å². The van der Waals surface area contributed by atoms with Gasteiger partial charge in [0.05, 0.1) is 0 Å². The van der Waals surface area contributed by atoms with Gasteiger partial charge in [0.1, 0.15) is 5.75 Å². The Bertz CT molecular complexity index is 379. The minimum atomic E-state index is 0.353. The normalized spacial score (nSPS) is 22.3. The first-order valence-corrected chi connectivity index (χ1v) is 8.76. The molecule has 0 radical (unpaired) electrons. The molecule has 0 aromatic heterocycles.